The highest BCUT2D eigenvalue weighted by Gasteiger charge is 2.26. The topological polar surface area (TPSA) is 120 Å². The standard InChI is InChI=1S/C12H13FN2O4S3/c1-7(14)8-2-3-10(9(13)6-8)21(16,17)11-4-5-12(20-11)22(15,18)19/h2-7H,14H2,1H3,(H2,15,18,19). The summed E-state index contributed by atoms with van der Waals surface area (Å²) in [5, 5.41) is 4.93. The molecule has 1 atom stereocenters. The van der Waals surface area contributed by atoms with Crippen LogP contribution in [-0.4, -0.2) is 16.8 Å². The third kappa shape index (κ3) is 3.20. The van der Waals surface area contributed by atoms with Gasteiger partial charge in [-0.25, -0.2) is 26.4 Å². The molecule has 0 aliphatic rings. The maximum absolute atomic E-state index is 14.1. The molecule has 10 heteroatoms. The molecule has 0 saturated heterocycles. The van der Waals surface area contributed by atoms with Crippen LogP contribution < -0.4 is 10.9 Å². The third-order valence-corrected chi connectivity index (χ3v) is 7.68. The molecule has 0 bridgehead atoms. The minimum Gasteiger partial charge on any atom is -0.324 e. The SMILES string of the molecule is CC(N)c1ccc(S(=O)(=O)c2ccc(S(N)(=O)=O)s2)c(F)c1. The molecular formula is C12H13FN2O4S3. The number of thiophene rings is 1. The number of benzene rings is 1. The van der Waals surface area contributed by atoms with E-state index in [4.69, 9.17) is 10.9 Å². The first-order valence-electron chi connectivity index (χ1n) is 5.96. The molecule has 1 aromatic heterocycles. The Bertz CT molecular complexity index is 918. The number of halogens is 1. The van der Waals surface area contributed by atoms with E-state index in [1.807, 2.05) is 0 Å². The Morgan fingerprint density at radius 2 is 1.68 bits per heavy atom. The summed E-state index contributed by atoms with van der Waals surface area (Å²) in [7, 11) is -8.18. The van der Waals surface area contributed by atoms with Gasteiger partial charge in [-0.2, -0.15) is 0 Å². The zero-order valence-corrected chi connectivity index (χ0v) is 13.8. The Balaban J connectivity index is 2.54. The molecule has 1 heterocycles. The molecule has 0 aliphatic carbocycles. The lowest BCUT2D eigenvalue weighted by molar-refractivity contribution is 0.565. The van der Waals surface area contributed by atoms with Gasteiger partial charge in [0.2, 0.25) is 19.9 Å². The number of sulfone groups is 1. The fourth-order valence-corrected chi connectivity index (χ4v) is 5.35. The van der Waals surface area contributed by atoms with Crippen molar-refractivity contribution in [1.29, 1.82) is 0 Å². The second-order valence-corrected chi connectivity index (χ2v) is 9.62. The summed E-state index contributed by atoms with van der Waals surface area (Å²) < 4.78 is 60.6. The van der Waals surface area contributed by atoms with E-state index in [-0.39, 0.29) is 8.42 Å². The molecule has 2 rings (SSSR count). The van der Waals surface area contributed by atoms with Gasteiger partial charge >= 0.3 is 0 Å². The summed E-state index contributed by atoms with van der Waals surface area (Å²) in [4.78, 5) is -0.542. The predicted molar refractivity (Wildman–Crippen MR) is 80.1 cm³/mol. The number of hydrogen-bond acceptors (Lipinski definition) is 6. The van der Waals surface area contributed by atoms with Crippen molar-refractivity contribution < 1.29 is 21.2 Å². The van der Waals surface area contributed by atoms with Gasteiger partial charge in [0.1, 0.15) is 19.1 Å². The third-order valence-electron chi connectivity index (χ3n) is 2.87. The van der Waals surface area contributed by atoms with Gasteiger partial charge in [0.25, 0.3) is 0 Å². The first-order valence-corrected chi connectivity index (χ1v) is 9.81. The fraction of sp³-hybridized carbons (Fsp3) is 0.167. The lowest BCUT2D eigenvalue weighted by atomic mass is 10.1. The molecule has 6 nitrogen and oxygen atoms in total. The maximum atomic E-state index is 14.1. The quantitative estimate of drug-likeness (QED) is 0.849. The second kappa shape index (κ2) is 5.70. The average molecular weight is 364 g/mol. The van der Waals surface area contributed by atoms with Gasteiger partial charge < -0.3 is 5.73 Å². The van der Waals surface area contributed by atoms with Crippen LogP contribution >= 0.6 is 11.3 Å². The lowest BCUT2D eigenvalue weighted by Gasteiger charge is -2.08. The molecule has 0 aliphatic heterocycles. The Hall–Kier alpha value is -1.33. The largest absolute Gasteiger partial charge is 0.324 e. The van der Waals surface area contributed by atoms with Crippen LogP contribution in [0.4, 0.5) is 4.39 Å². The van der Waals surface area contributed by atoms with E-state index in [1.165, 1.54) is 6.07 Å². The number of nitrogens with two attached hydrogens (primary N) is 2. The summed E-state index contributed by atoms with van der Waals surface area (Å²) in [5.74, 6) is -0.944. The second-order valence-electron chi connectivity index (χ2n) is 4.60. The molecule has 2 aromatic rings. The van der Waals surface area contributed by atoms with Gasteiger partial charge in [0.15, 0.2) is 0 Å². The summed E-state index contributed by atoms with van der Waals surface area (Å²) in [6.07, 6.45) is 0. The number of hydrogen-bond donors (Lipinski definition) is 2. The molecule has 120 valence electrons. The van der Waals surface area contributed by atoms with Crippen LogP contribution in [-0.2, 0) is 19.9 Å². The monoisotopic (exact) mass is 364 g/mol. The Labute approximate surface area is 131 Å². The Morgan fingerprint density at radius 1 is 1.09 bits per heavy atom. The van der Waals surface area contributed by atoms with Crippen molar-refractivity contribution in [3.05, 3.63) is 41.7 Å². The van der Waals surface area contributed by atoms with Crippen LogP contribution in [0.2, 0.25) is 0 Å². The van der Waals surface area contributed by atoms with Crippen LogP contribution in [0.15, 0.2) is 43.6 Å². The minimum absolute atomic E-state index is 0.302. The predicted octanol–water partition coefficient (Wildman–Crippen LogP) is 1.39. The van der Waals surface area contributed by atoms with E-state index in [0.29, 0.717) is 16.9 Å². The van der Waals surface area contributed by atoms with Crippen molar-refractivity contribution in [2.24, 2.45) is 10.9 Å². The molecule has 4 N–H and O–H groups in total. The van der Waals surface area contributed by atoms with Gasteiger partial charge in [-0.05, 0) is 36.8 Å². The number of sulfonamides is 1. The minimum atomic E-state index is -4.17. The highest BCUT2D eigenvalue weighted by Crippen LogP contribution is 2.31. The molecule has 0 saturated carbocycles. The summed E-state index contributed by atoms with van der Waals surface area (Å²) >= 11 is 0.469. The molecule has 1 aromatic carbocycles. The van der Waals surface area contributed by atoms with Crippen LogP contribution in [0.5, 0.6) is 0 Å². The van der Waals surface area contributed by atoms with E-state index >= 15 is 0 Å². The van der Waals surface area contributed by atoms with Crippen molar-refractivity contribution >= 4 is 31.2 Å². The van der Waals surface area contributed by atoms with Gasteiger partial charge in [0, 0.05) is 6.04 Å². The Kier molecular flexibility index (Phi) is 4.42. The van der Waals surface area contributed by atoms with Gasteiger partial charge in [-0.1, -0.05) is 6.07 Å². The van der Waals surface area contributed by atoms with Crippen LogP contribution in [0, 0.1) is 5.82 Å². The fourth-order valence-electron chi connectivity index (χ4n) is 1.73. The van der Waals surface area contributed by atoms with E-state index in [2.05, 4.69) is 0 Å². The average Bonchev–Trinajstić information content (AvgIpc) is 2.88. The first-order chi connectivity index (χ1) is 10.0. The van der Waals surface area contributed by atoms with E-state index in [0.717, 1.165) is 24.3 Å². The van der Waals surface area contributed by atoms with Crippen molar-refractivity contribution in [3.63, 3.8) is 0 Å². The van der Waals surface area contributed by atoms with Crippen LogP contribution in [0.25, 0.3) is 0 Å². The highest BCUT2D eigenvalue weighted by molar-refractivity contribution is 7.95. The smallest absolute Gasteiger partial charge is 0.247 e. The normalized spacial score (nSPS) is 14.0. The molecule has 0 amide bonds. The molecule has 0 fully saturated rings. The molecule has 1 unspecified atom stereocenters. The molecular weight excluding hydrogens is 351 g/mol. The van der Waals surface area contributed by atoms with Crippen LogP contribution in [0.3, 0.4) is 0 Å². The van der Waals surface area contributed by atoms with Crippen molar-refractivity contribution in [2.75, 3.05) is 0 Å². The lowest BCUT2D eigenvalue weighted by Crippen LogP contribution is -2.10. The summed E-state index contributed by atoms with van der Waals surface area (Å²) in [5.41, 5.74) is 6.06. The van der Waals surface area contributed by atoms with Crippen molar-refractivity contribution in [2.45, 2.75) is 26.3 Å². The van der Waals surface area contributed by atoms with E-state index in [9.17, 15) is 21.2 Å². The molecule has 22 heavy (non-hydrogen) atoms. The molecule has 0 radical (unpaired) electrons. The van der Waals surface area contributed by atoms with Gasteiger partial charge in [-0.15, -0.1) is 11.3 Å². The van der Waals surface area contributed by atoms with E-state index < -0.39 is 36.6 Å². The van der Waals surface area contributed by atoms with Gasteiger partial charge in [0.05, 0.1) is 0 Å². The highest BCUT2D eigenvalue weighted by atomic mass is 32.3. The van der Waals surface area contributed by atoms with Gasteiger partial charge in [-0.3, -0.25) is 0 Å². The summed E-state index contributed by atoms with van der Waals surface area (Å²) in [6.45, 7) is 1.64. The van der Waals surface area contributed by atoms with Crippen molar-refractivity contribution in [3.8, 4) is 0 Å². The number of primary sulfonamides is 1. The van der Waals surface area contributed by atoms with Crippen LogP contribution in [0.1, 0.15) is 18.5 Å². The van der Waals surface area contributed by atoms with E-state index in [1.54, 1.807) is 6.92 Å². The first kappa shape index (κ1) is 17.0. The maximum Gasteiger partial charge on any atom is 0.247 e. The molecule has 0 spiro atoms. The summed E-state index contributed by atoms with van der Waals surface area (Å²) in [6, 6.07) is 5.28. The van der Waals surface area contributed by atoms with Crippen molar-refractivity contribution in [1.82, 2.24) is 0 Å². The zero-order valence-electron chi connectivity index (χ0n) is 11.4. The number of rotatable bonds is 4. The Morgan fingerprint density at radius 3 is 2.14 bits per heavy atom. The zero-order chi connectivity index (χ0) is 16.7.